The molecule has 6 N–H and O–H groups in total. The van der Waals surface area contributed by atoms with Crippen LogP contribution in [0.4, 0.5) is 30.5 Å². The summed E-state index contributed by atoms with van der Waals surface area (Å²) in [7, 11) is 1.58. The lowest BCUT2D eigenvalue weighted by Crippen LogP contribution is -2.38. The zero-order valence-corrected chi connectivity index (χ0v) is 17.7. The molecule has 0 aliphatic rings. The van der Waals surface area contributed by atoms with E-state index in [4.69, 9.17) is 11.5 Å². The largest absolute Gasteiger partial charge is 0.415 e. The first kappa shape index (κ1) is 23.1. The lowest BCUT2D eigenvalue weighted by Gasteiger charge is -2.21. The van der Waals surface area contributed by atoms with Gasteiger partial charge in [-0.1, -0.05) is 6.92 Å². The van der Waals surface area contributed by atoms with Gasteiger partial charge in [0.15, 0.2) is 11.6 Å². The van der Waals surface area contributed by atoms with Crippen LogP contribution in [0.25, 0.3) is 10.9 Å². The molecule has 0 unspecified atom stereocenters. The third-order valence-corrected chi connectivity index (χ3v) is 5.00. The van der Waals surface area contributed by atoms with Crippen molar-refractivity contribution in [2.75, 3.05) is 10.6 Å². The lowest BCUT2D eigenvalue weighted by molar-refractivity contribution is -0.0521. The van der Waals surface area contributed by atoms with Gasteiger partial charge < -0.3 is 26.8 Å². The number of aryl methyl sites for hydroxylation is 1. The monoisotopic (exact) mass is 451 g/mol. The zero-order chi connectivity index (χ0) is 23.6. The number of carbonyl (C=O) groups is 1. The van der Waals surface area contributed by atoms with Crippen molar-refractivity contribution in [3.05, 3.63) is 35.6 Å². The summed E-state index contributed by atoms with van der Waals surface area (Å²) >= 11 is 0. The normalized spacial score (nSPS) is 13.2. The van der Waals surface area contributed by atoms with Gasteiger partial charge in [-0.15, -0.1) is 5.10 Å². The highest BCUT2D eigenvalue weighted by Gasteiger charge is 2.20. The van der Waals surface area contributed by atoms with Gasteiger partial charge in [-0.2, -0.15) is 8.78 Å². The number of benzene rings is 1. The topological polar surface area (TPSA) is 133 Å². The van der Waals surface area contributed by atoms with E-state index in [1.807, 2.05) is 6.92 Å². The molecule has 32 heavy (non-hydrogen) atoms. The molecule has 9 nitrogen and oxygen atoms in total. The van der Waals surface area contributed by atoms with E-state index >= 15 is 0 Å². The number of primary amides is 1. The van der Waals surface area contributed by atoms with E-state index in [1.54, 1.807) is 26.1 Å². The molecule has 0 spiro atoms. The van der Waals surface area contributed by atoms with Crippen LogP contribution in [0.5, 0.6) is 5.88 Å². The Morgan fingerprint density at radius 2 is 2.00 bits per heavy atom. The summed E-state index contributed by atoms with van der Waals surface area (Å²) in [6.07, 6.45) is 0.661. The molecule has 0 bridgehead atoms. The molecule has 1 amide bonds. The maximum absolute atomic E-state index is 14.5. The average Bonchev–Trinajstić information content (AvgIpc) is 3.03. The number of carbonyl (C=O) groups excluding carboxylic acids is 1. The zero-order valence-electron chi connectivity index (χ0n) is 17.7. The Morgan fingerprint density at radius 1 is 1.28 bits per heavy atom. The second kappa shape index (κ2) is 9.30. The van der Waals surface area contributed by atoms with Crippen molar-refractivity contribution in [2.45, 2.75) is 39.0 Å². The summed E-state index contributed by atoms with van der Waals surface area (Å²) in [5.41, 5.74) is 12.1. The Morgan fingerprint density at radius 3 is 2.62 bits per heavy atom. The molecular weight excluding hydrogens is 427 g/mol. The van der Waals surface area contributed by atoms with Gasteiger partial charge in [0.2, 0.25) is 5.88 Å². The van der Waals surface area contributed by atoms with Crippen LogP contribution < -0.4 is 26.8 Å². The minimum Gasteiger partial charge on any atom is -0.415 e. The second-order valence-corrected chi connectivity index (χ2v) is 7.25. The fraction of sp³-hybridized carbons (Fsp3) is 0.350. The first-order valence-corrected chi connectivity index (χ1v) is 9.81. The fourth-order valence-corrected chi connectivity index (χ4v) is 3.17. The van der Waals surface area contributed by atoms with Crippen LogP contribution in [-0.2, 0) is 7.05 Å². The van der Waals surface area contributed by atoms with E-state index in [0.29, 0.717) is 23.0 Å². The molecule has 1 aromatic carbocycles. The minimum absolute atomic E-state index is 0.0155. The Balaban J connectivity index is 2.00. The van der Waals surface area contributed by atoms with E-state index in [9.17, 15) is 18.0 Å². The summed E-state index contributed by atoms with van der Waals surface area (Å²) in [6, 6.07) is 5.17. The summed E-state index contributed by atoms with van der Waals surface area (Å²) in [6.45, 7) is 0.636. The fourth-order valence-electron chi connectivity index (χ4n) is 3.17. The van der Waals surface area contributed by atoms with Crippen molar-refractivity contribution in [3.63, 3.8) is 0 Å². The van der Waals surface area contributed by atoms with Crippen LogP contribution in [0.15, 0.2) is 24.3 Å². The van der Waals surface area contributed by atoms with Crippen molar-refractivity contribution >= 4 is 34.1 Å². The highest BCUT2D eigenvalue weighted by Crippen LogP contribution is 2.31. The number of aromatic nitrogens is 3. The third kappa shape index (κ3) is 4.85. The molecule has 0 fully saturated rings. The number of fused-ring (bicyclic) bond motifs is 1. The first-order chi connectivity index (χ1) is 15.1. The number of pyridine rings is 1. The van der Waals surface area contributed by atoms with Crippen molar-refractivity contribution in [2.24, 2.45) is 18.5 Å². The van der Waals surface area contributed by atoms with Crippen molar-refractivity contribution in [3.8, 4) is 5.88 Å². The van der Waals surface area contributed by atoms with E-state index < -0.39 is 18.3 Å². The van der Waals surface area contributed by atoms with Crippen LogP contribution in [0, 0.1) is 5.82 Å². The summed E-state index contributed by atoms with van der Waals surface area (Å²) in [5.74, 6) is -2.05. The van der Waals surface area contributed by atoms with Gasteiger partial charge in [0, 0.05) is 24.8 Å². The molecule has 0 aliphatic heterocycles. The SMILES string of the molecule is CC[C@H](N)[C@@H](C)Nc1nc(Nc2ccc3c(c2)c(OC(F)F)nn3C)c(C(N)=O)cc1F. The van der Waals surface area contributed by atoms with Gasteiger partial charge >= 0.3 is 6.61 Å². The molecular formula is C20H24F3N7O2. The molecule has 0 aliphatic carbocycles. The Bertz CT molecular complexity index is 1140. The molecule has 0 saturated heterocycles. The number of nitrogens with two attached hydrogens (primary N) is 2. The number of halogens is 3. The first-order valence-electron chi connectivity index (χ1n) is 9.81. The molecule has 12 heteroatoms. The average molecular weight is 451 g/mol. The van der Waals surface area contributed by atoms with Crippen molar-refractivity contribution in [1.29, 1.82) is 0 Å². The highest BCUT2D eigenvalue weighted by molar-refractivity contribution is 5.99. The Kier molecular flexibility index (Phi) is 6.72. The number of hydrogen-bond acceptors (Lipinski definition) is 7. The number of hydrogen-bond donors (Lipinski definition) is 4. The van der Waals surface area contributed by atoms with Gasteiger partial charge in [-0.25, -0.2) is 9.37 Å². The number of anilines is 3. The predicted molar refractivity (Wildman–Crippen MR) is 115 cm³/mol. The molecule has 3 aromatic rings. The summed E-state index contributed by atoms with van der Waals surface area (Å²) in [5, 5.41) is 10.0. The maximum atomic E-state index is 14.5. The Labute approximate surface area is 181 Å². The molecule has 0 saturated carbocycles. The standard InChI is InChI=1S/C20H24F3N7O2/c1-4-14(24)9(2)26-18-13(21)8-12(16(25)31)17(28-18)27-10-5-6-15-11(7-10)19(29-30(15)3)32-20(22)23/h5-9,14,20H,4,24H2,1-3H3,(H2,25,31)(H2,26,27,28)/t9-,14+/m1/s1. The van der Waals surface area contributed by atoms with Crippen LogP contribution in [0.3, 0.4) is 0 Å². The molecule has 2 aromatic heterocycles. The van der Waals surface area contributed by atoms with E-state index in [-0.39, 0.29) is 35.2 Å². The molecule has 0 radical (unpaired) electrons. The lowest BCUT2D eigenvalue weighted by atomic mass is 10.1. The number of amides is 1. The van der Waals surface area contributed by atoms with Crippen LogP contribution in [0.2, 0.25) is 0 Å². The van der Waals surface area contributed by atoms with Crippen molar-refractivity contribution < 1.29 is 22.7 Å². The van der Waals surface area contributed by atoms with Gasteiger partial charge in [0.1, 0.15) is 5.82 Å². The quantitative estimate of drug-likeness (QED) is 0.393. The van der Waals surface area contributed by atoms with Gasteiger partial charge in [-0.05, 0) is 37.6 Å². The third-order valence-electron chi connectivity index (χ3n) is 5.00. The van der Waals surface area contributed by atoms with Gasteiger partial charge in [-0.3, -0.25) is 9.48 Å². The molecule has 2 atom stereocenters. The van der Waals surface area contributed by atoms with Crippen LogP contribution >= 0.6 is 0 Å². The van der Waals surface area contributed by atoms with Gasteiger partial charge in [0.25, 0.3) is 5.91 Å². The highest BCUT2D eigenvalue weighted by atomic mass is 19.3. The maximum Gasteiger partial charge on any atom is 0.388 e. The summed E-state index contributed by atoms with van der Waals surface area (Å²) in [4.78, 5) is 16.0. The number of nitrogens with zero attached hydrogens (tertiary/aromatic N) is 3. The van der Waals surface area contributed by atoms with E-state index in [1.165, 1.54) is 10.7 Å². The van der Waals surface area contributed by atoms with E-state index in [2.05, 4.69) is 25.5 Å². The summed E-state index contributed by atoms with van der Waals surface area (Å²) < 4.78 is 45.8. The van der Waals surface area contributed by atoms with E-state index in [0.717, 1.165) is 6.07 Å². The number of rotatable bonds is 9. The van der Waals surface area contributed by atoms with Crippen LogP contribution in [0.1, 0.15) is 30.6 Å². The smallest absolute Gasteiger partial charge is 0.388 e. The van der Waals surface area contributed by atoms with Crippen molar-refractivity contribution in [1.82, 2.24) is 14.8 Å². The number of alkyl halides is 2. The number of nitrogens with one attached hydrogen (secondary N) is 2. The molecule has 2 heterocycles. The molecule has 3 rings (SSSR count). The second-order valence-electron chi connectivity index (χ2n) is 7.25. The minimum atomic E-state index is -3.05. The predicted octanol–water partition coefficient (Wildman–Crippen LogP) is 3.09. The Hall–Kier alpha value is -3.54. The van der Waals surface area contributed by atoms with Gasteiger partial charge in [0.05, 0.1) is 16.5 Å². The number of ether oxygens (including phenoxy) is 1. The van der Waals surface area contributed by atoms with Crippen LogP contribution in [-0.4, -0.2) is 39.4 Å². The molecule has 172 valence electrons.